The van der Waals surface area contributed by atoms with Crippen molar-refractivity contribution < 1.29 is 5.11 Å². The number of hydrogen-bond acceptors (Lipinski definition) is 4. The van der Waals surface area contributed by atoms with Crippen molar-refractivity contribution >= 4 is 5.65 Å². The van der Waals surface area contributed by atoms with Gasteiger partial charge in [-0.3, -0.25) is 4.40 Å². The predicted octanol–water partition coefficient (Wildman–Crippen LogP) is 0.0298. The summed E-state index contributed by atoms with van der Waals surface area (Å²) in [5, 5.41) is 16.8. The Bertz CT molecular complexity index is 451. The van der Waals surface area contributed by atoms with Crippen LogP contribution in [0.4, 0.5) is 0 Å². The Hall–Kier alpha value is -1.46. The van der Waals surface area contributed by atoms with Crippen LogP contribution in [0.2, 0.25) is 0 Å². The smallest absolute Gasteiger partial charge is 0.160 e. The summed E-state index contributed by atoms with van der Waals surface area (Å²) >= 11 is 0. The topological polar surface area (TPSA) is 76.4 Å². The first kappa shape index (κ1) is 9.11. The van der Waals surface area contributed by atoms with Crippen molar-refractivity contribution in [3.63, 3.8) is 0 Å². The summed E-state index contributed by atoms with van der Waals surface area (Å²) in [5.41, 5.74) is 7.37. The zero-order valence-corrected chi connectivity index (χ0v) is 7.88. The number of nitrogens with two attached hydrogens (primary N) is 1. The van der Waals surface area contributed by atoms with Gasteiger partial charge in [0.05, 0.1) is 12.6 Å². The number of pyridine rings is 1. The van der Waals surface area contributed by atoms with Crippen LogP contribution in [-0.4, -0.2) is 26.3 Å². The van der Waals surface area contributed by atoms with E-state index in [1.165, 1.54) is 0 Å². The third-order valence-corrected chi connectivity index (χ3v) is 2.22. The maximum Gasteiger partial charge on any atom is 0.160 e. The highest BCUT2D eigenvalue weighted by Gasteiger charge is 2.06. The molecule has 0 fully saturated rings. The van der Waals surface area contributed by atoms with E-state index >= 15 is 0 Å². The monoisotopic (exact) mass is 192 g/mol. The van der Waals surface area contributed by atoms with Crippen molar-refractivity contribution in [2.75, 3.05) is 6.61 Å². The number of aryl methyl sites for hydroxylation is 1. The molecule has 0 spiro atoms. The Labute approximate surface area is 81.2 Å². The van der Waals surface area contributed by atoms with E-state index in [2.05, 4.69) is 10.2 Å². The van der Waals surface area contributed by atoms with Gasteiger partial charge in [-0.25, -0.2) is 0 Å². The first-order chi connectivity index (χ1) is 6.72. The number of fused-ring (bicyclic) bond motifs is 1. The highest BCUT2D eigenvalue weighted by Crippen LogP contribution is 2.11. The molecule has 2 aromatic heterocycles. The molecule has 3 N–H and O–H groups in total. The molecule has 14 heavy (non-hydrogen) atoms. The molecule has 1 unspecified atom stereocenters. The zero-order chi connectivity index (χ0) is 10.1. The molecule has 0 saturated carbocycles. The van der Waals surface area contributed by atoms with E-state index in [4.69, 9.17) is 10.8 Å². The quantitative estimate of drug-likeness (QED) is 0.703. The van der Waals surface area contributed by atoms with Crippen LogP contribution in [0.5, 0.6) is 0 Å². The third-order valence-electron chi connectivity index (χ3n) is 2.22. The van der Waals surface area contributed by atoms with Crippen LogP contribution >= 0.6 is 0 Å². The lowest BCUT2D eigenvalue weighted by Crippen LogP contribution is -2.15. The molecule has 2 rings (SSSR count). The lowest BCUT2D eigenvalue weighted by atomic mass is 10.1. The molecule has 0 aromatic carbocycles. The summed E-state index contributed by atoms with van der Waals surface area (Å²) in [6.45, 7) is 1.81. The van der Waals surface area contributed by atoms with Crippen molar-refractivity contribution in [3.8, 4) is 0 Å². The number of hydrogen-bond donors (Lipinski definition) is 2. The number of aliphatic hydroxyl groups excluding tert-OH is 1. The van der Waals surface area contributed by atoms with Crippen molar-refractivity contribution in [2.45, 2.75) is 13.0 Å². The largest absolute Gasteiger partial charge is 0.394 e. The molecular weight excluding hydrogens is 180 g/mol. The fraction of sp³-hybridized carbons (Fsp3) is 0.333. The molecule has 0 aliphatic carbocycles. The summed E-state index contributed by atoms with van der Waals surface area (Å²) in [7, 11) is 0. The van der Waals surface area contributed by atoms with Crippen LogP contribution in [0.15, 0.2) is 18.3 Å². The molecule has 0 radical (unpaired) electrons. The minimum absolute atomic E-state index is 0.0628. The molecule has 1 atom stereocenters. The molecule has 2 aromatic rings. The fourth-order valence-electron chi connectivity index (χ4n) is 1.35. The second-order valence-electron chi connectivity index (χ2n) is 3.23. The standard InChI is InChI=1S/C9H12N4O/c1-6-11-12-9-3-2-7(4-13(6)9)8(10)5-14/h2-4,8,14H,5,10H2,1H3. The zero-order valence-electron chi connectivity index (χ0n) is 7.88. The van der Waals surface area contributed by atoms with Crippen molar-refractivity contribution in [1.29, 1.82) is 0 Å². The van der Waals surface area contributed by atoms with Crippen LogP contribution < -0.4 is 5.73 Å². The molecule has 5 nitrogen and oxygen atoms in total. The average Bonchev–Trinajstić information content (AvgIpc) is 2.59. The van der Waals surface area contributed by atoms with Gasteiger partial charge in [0.2, 0.25) is 0 Å². The molecule has 0 bridgehead atoms. The van der Waals surface area contributed by atoms with Gasteiger partial charge in [-0.1, -0.05) is 6.07 Å². The van der Waals surface area contributed by atoms with Crippen LogP contribution in [0.3, 0.4) is 0 Å². The van der Waals surface area contributed by atoms with E-state index in [0.29, 0.717) is 0 Å². The highest BCUT2D eigenvalue weighted by atomic mass is 16.3. The maximum atomic E-state index is 8.91. The molecular formula is C9H12N4O. The first-order valence-corrected chi connectivity index (χ1v) is 4.40. The summed E-state index contributed by atoms with van der Waals surface area (Å²) in [6.07, 6.45) is 1.85. The molecule has 0 aliphatic heterocycles. The van der Waals surface area contributed by atoms with Gasteiger partial charge in [0.15, 0.2) is 5.65 Å². The Kier molecular flexibility index (Phi) is 2.18. The molecule has 5 heteroatoms. The van der Waals surface area contributed by atoms with Crippen molar-refractivity contribution in [3.05, 3.63) is 29.7 Å². The van der Waals surface area contributed by atoms with Gasteiger partial charge in [-0.05, 0) is 18.6 Å². The summed E-state index contributed by atoms with van der Waals surface area (Å²) < 4.78 is 1.85. The normalized spacial score (nSPS) is 13.4. The van der Waals surface area contributed by atoms with Crippen LogP contribution in [0.25, 0.3) is 5.65 Å². The molecule has 74 valence electrons. The van der Waals surface area contributed by atoms with Gasteiger partial charge in [0.25, 0.3) is 0 Å². The van der Waals surface area contributed by atoms with Gasteiger partial charge in [0, 0.05) is 6.20 Å². The van der Waals surface area contributed by atoms with E-state index < -0.39 is 0 Å². The Morgan fingerprint density at radius 3 is 3.00 bits per heavy atom. The van der Waals surface area contributed by atoms with Gasteiger partial charge >= 0.3 is 0 Å². The molecule has 0 amide bonds. The molecule has 0 saturated heterocycles. The van der Waals surface area contributed by atoms with E-state index in [9.17, 15) is 0 Å². The van der Waals surface area contributed by atoms with E-state index in [1.54, 1.807) is 0 Å². The van der Waals surface area contributed by atoms with Crippen LogP contribution in [0.1, 0.15) is 17.4 Å². The second kappa shape index (κ2) is 3.36. The maximum absolute atomic E-state index is 8.91. The first-order valence-electron chi connectivity index (χ1n) is 4.40. The van der Waals surface area contributed by atoms with E-state index in [1.807, 2.05) is 29.7 Å². The Morgan fingerprint density at radius 1 is 1.50 bits per heavy atom. The average molecular weight is 192 g/mol. The van der Waals surface area contributed by atoms with Gasteiger partial charge < -0.3 is 10.8 Å². The van der Waals surface area contributed by atoms with Crippen LogP contribution in [-0.2, 0) is 0 Å². The highest BCUT2D eigenvalue weighted by molar-refractivity contribution is 5.39. The van der Waals surface area contributed by atoms with Crippen molar-refractivity contribution in [2.24, 2.45) is 5.73 Å². The summed E-state index contributed by atoms with van der Waals surface area (Å²) in [6, 6.07) is 3.34. The third kappa shape index (κ3) is 1.36. The fourth-order valence-corrected chi connectivity index (χ4v) is 1.35. The van der Waals surface area contributed by atoms with Gasteiger partial charge in [0.1, 0.15) is 5.82 Å². The van der Waals surface area contributed by atoms with Gasteiger partial charge in [-0.2, -0.15) is 0 Å². The Morgan fingerprint density at radius 2 is 2.29 bits per heavy atom. The summed E-state index contributed by atoms with van der Waals surface area (Å²) in [5.74, 6) is 0.812. The SMILES string of the molecule is Cc1nnc2ccc(C(N)CO)cn12. The number of nitrogens with zero attached hydrogens (tertiary/aromatic N) is 3. The predicted molar refractivity (Wildman–Crippen MR) is 51.7 cm³/mol. The molecule has 0 aliphatic rings. The lowest BCUT2D eigenvalue weighted by molar-refractivity contribution is 0.267. The number of rotatable bonds is 2. The van der Waals surface area contributed by atoms with Crippen molar-refractivity contribution in [1.82, 2.24) is 14.6 Å². The number of aliphatic hydroxyl groups is 1. The second-order valence-corrected chi connectivity index (χ2v) is 3.23. The van der Waals surface area contributed by atoms with E-state index in [-0.39, 0.29) is 12.6 Å². The molecule has 2 heterocycles. The van der Waals surface area contributed by atoms with Crippen LogP contribution in [0, 0.1) is 6.92 Å². The van der Waals surface area contributed by atoms with Gasteiger partial charge in [-0.15, -0.1) is 10.2 Å². The minimum Gasteiger partial charge on any atom is -0.394 e. The summed E-state index contributed by atoms with van der Waals surface area (Å²) in [4.78, 5) is 0. The number of aromatic nitrogens is 3. The lowest BCUT2D eigenvalue weighted by Gasteiger charge is -2.08. The minimum atomic E-state index is -0.346. The Balaban J connectivity index is 2.54. The van der Waals surface area contributed by atoms with E-state index in [0.717, 1.165) is 17.0 Å².